The Morgan fingerprint density at radius 3 is 2.79 bits per heavy atom. The summed E-state index contributed by atoms with van der Waals surface area (Å²) in [5.41, 5.74) is 9.37. The van der Waals surface area contributed by atoms with Crippen molar-refractivity contribution in [2.24, 2.45) is 0 Å². The summed E-state index contributed by atoms with van der Waals surface area (Å²) in [6.45, 7) is 1.75. The molecule has 2 N–H and O–H groups in total. The van der Waals surface area contributed by atoms with Crippen LogP contribution in [0, 0.1) is 12.7 Å². The van der Waals surface area contributed by atoms with Crippen LogP contribution < -0.4 is 10.5 Å². The van der Waals surface area contributed by atoms with Crippen LogP contribution in [0.5, 0.6) is 5.88 Å². The fourth-order valence-corrected chi connectivity index (χ4v) is 3.70. The highest BCUT2D eigenvalue weighted by atomic mass is 19.1. The molecule has 2 aromatic heterocycles. The van der Waals surface area contributed by atoms with Gasteiger partial charge in [0.25, 0.3) is 0 Å². The fraction of sp³-hybridized carbons (Fsp3) is 0.250. The first-order chi connectivity index (χ1) is 13.5. The molecule has 1 aliphatic carbocycles. The molecular formula is C20H18FN5O2. The maximum Gasteiger partial charge on any atom is 0.232 e. The molecule has 0 amide bonds. The number of nitrogen functional groups attached to an aromatic ring is 1. The lowest BCUT2D eigenvalue weighted by Crippen LogP contribution is -2.23. The SMILES string of the molecule is COc1cncc(-c2cc(F)ccc2[C@H]2CC(=O)c3c(C)nc(N)nc3C2)n1. The molecule has 0 saturated heterocycles. The van der Waals surface area contributed by atoms with E-state index in [-0.39, 0.29) is 24.1 Å². The second-order valence-corrected chi connectivity index (χ2v) is 6.70. The Labute approximate surface area is 160 Å². The van der Waals surface area contributed by atoms with E-state index >= 15 is 0 Å². The van der Waals surface area contributed by atoms with E-state index in [1.165, 1.54) is 25.4 Å². The zero-order valence-electron chi connectivity index (χ0n) is 15.4. The quantitative estimate of drug-likeness (QED) is 0.746. The molecule has 28 heavy (non-hydrogen) atoms. The number of hydrogen-bond acceptors (Lipinski definition) is 7. The van der Waals surface area contributed by atoms with Crippen molar-refractivity contribution >= 4 is 11.7 Å². The minimum Gasteiger partial charge on any atom is -0.480 e. The van der Waals surface area contributed by atoms with Gasteiger partial charge in [-0.15, -0.1) is 0 Å². The molecule has 2 heterocycles. The van der Waals surface area contributed by atoms with Crippen LogP contribution in [0.15, 0.2) is 30.6 Å². The maximum atomic E-state index is 14.0. The number of anilines is 1. The molecule has 0 unspecified atom stereocenters. The highest BCUT2D eigenvalue weighted by molar-refractivity contribution is 6.00. The van der Waals surface area contributed by atoms with E-state index in [2.05, 4.69) is 19.9 Å². The first kappa shape index (κ1) is 18.0. The lowest BCUT2D eigenvalue weighted by atomic mass is 9.79. The lowest BCUT2D eigenvalue weighted by molar-refractivity contribution is 0.0962. The largest absolute Gasteiger partial charge is 0.480 e. The Hall–Kier alpha value is -3.42. The number of nitrogens with zero attached hydrogens (tertiary/aromatic N) is 4. The molecule has 0 bridgehead atoms. The Bertz CT molecular complexity index is 1090. The van der Waals surface area contributed by atoms with Gasteiger partial charge in [-0.25, -0.2) is 19.3 Å². The van der Waals surface area contributed by atoms with E-state index in [4.69, 9.17) is 10.5 Å². The number of rotatable bonds is 3. The summed E-state index contributed by atoms with van der Waals surface area (Å²) in [5.74, 6) is -0.155. The first-order valence-corrected chi connectivity index (χ1v) is 8.78. The van der Waals surface area contributed by atoms with Crippen LogP contribution in [-0.4, -0.2) is 32.8 Å². The zero-order valence-corrected chi connectivity index (χ0v) is 15.4. The van der Waals surface area contributed by atoms with E-state index in [9.17, 15) is 9.18 Å². The minimum absolute atomic E-state index is 0.0456. The predicted octanol–water partition coefficient (Wildman–Crippen LogP) is 2.88. The van der Waals surface area contributed by atoms with Gasteiger partial charge in [0.2, 0.25) is 11.8 Å². The number of benzene rings is 1. The summed E-state index contributed by atoms with van der Waals surface area (Å²) in [6, 6.07) is 4.47. The molecular weight excluding hydrogens is 361 g/mol. The normalized spacial score (nSPS) is 16.0. The Morgan fingerprint density at radius 2 is 2.00 bits per heavy atom. The maximum absolute atomic E-state index is 14.0. The lowest BCUT2D eigenvalue weighted by Gasteiger charge is -2.26. The Morgan fingerprint density at radius 1 is 1.18 bits per heavy atom. The van der Waals surface area contributed by atoms with Crippen LogP contribution >= 0.6 is 0 Å². The van der Waals surface area contributed by atoms with Crippen LogP contribution in [0.3, 0.4) is 0 Å². The number of hydrogen-bond donors (Lipinski definition) is 1. The molecule has 142 valence electrons. The topological polar surface area (TPSA) is 104 Å². The number of nitrogens with two attached hydrogens (primary N) is 1. The van der Waals surface area contributed by atoms with Crippen LogP contribution in [0.25, 0.3) is 11.3 Å². The second-order valence-electron chi connectivity index (χ2n) is 6.70. The van der Waals surface area contributed by atoms with Crippen LogP contribution in [0.1, 0.15) is 39.6 Å². The third kappa shape index (κ3) is 3.17. The number of methoxy groups -OCH3 is 1. The van der Waals surface area contributed by atoms with Gasteiger partial charge in [-0.05, 0) is 37.0 Å². The van der Waals surface area contributed by atoms with E-state index in [1.807, 2.05) is 0 Å². The van der Waals surface area contributed by atoms with Crippen LogP contribution in [0.4, 0.5) is 10.3 Å². The summed E-state index contributed by atoms with van der Waals surface area (Å²) < 4.78 is 19.1. The van der Waals surface area contributed by atoms with Crippen LogP contribution in [0.2, 0.25) is 0 Å². The van der Waals surface area contributed by atoms with Gasteiger partial charge in [0.05, 0.1) is 42.1 Å². The van der Waals surface area contributed by atoms with Gasteiger partial charge in [-0.1, -0.05) is 6.07 Å². The molecule has 1 atom stereocenters. The molecule has 1 aliphatic rings. The third-order valence-corrected chi connectivity index (χ3v) is 4.89. The molecule has 8 heteroatoms. The standard InChI is InChI=1S/C20H18FN5O2/c1-10-19-15(26-20(22)24-10)5-11(6-17(19)27)13-4-3-12(21)7-14(13)16-8-23-9-18(25-16)28-2/h3-4,7-9,11H,5-6H2,1-2H3,(H2,22,24,26)/t11-/m1/s1. The van der Waals surface area contributed by atoms with Gasteiger partial charge in [0.1, 0.15) is 5.82 Å². The molecule has 0 aliphatic heterocycles. The summed E-state index contributed by atoms with van der Waals surface area (Å²) in [7, 11) is 1.49. The Balaban J connectivity index is 1.81. The van der Waals surface area contributed by atoms with Crippen molar-refractivity contribution in [1.29, 1.82) is 0 Å². The summed E-state index contributed by atoms with van der Waals surface area (Å²) in [5, 5.41) is 0. The summed E-state index contributed by atoms with van der Waals surface area (Å²) >= 11 is 0. The number of aryl methyl sites for hydroxylation is 1. The average Bonchev–Trinajstić information content (AvgIpc) is 2.67. The monoisotopic (exact) mass is 379 g/mol. The zero-order chi connectivity index (χ0) is 19.8. The van der Waals surface area contributed by atoms with E-state index < -0.39 is 5.82 Å². The van der Waals surface area contributed by atoms with Crippen molar-refractivity contribution in [3.8, 4) is 17.1 Å². The van der Waals surface area contributed by atoms with Crippen molar-refractivity contribution in [3.05, 3.63) is 58.9 Å². The van der Waals surface area contributed by atoms with Crippen molar-refractivity contribution in [2.45, 2.75) is 25.7 Å². The minimum atomic E-state index is -0.395. The Kier molecular flexibility index (Phi) is 4.46. The van der Waals surface area contributed by atoms with E-state index in [1.54, 1.807) is 19.2 Å². The van der Waals surface area contributed by atoms with E-state index in [0.29, 0.717) is 40.5 Å². The number of ether oxygens (including phenoxy) is 1. The van der Waals surface area contributed by atoms with Gasteiger partial charge in [0, 0.05) is 12.0 Å². The molecule has 0 fully saturated rings. The molecule has 0 radical (unpaired) electrons. The number of carbonyl (C=O) groups excluding carboxylic acids is 1. The van der Waals surface area contributed by atoms with Gasteiger partial charge < -0.3 is 10.5 Å². The van der Waals surface area contributed by atoms with Gasteiger partial charge in [0.15, 0.2) is 5.78 Å². The van der Waals surface area contributed by atoms with E-state index in [0.717, 1.165) is 5.56 Å². The van der Waals surface area contributed by atoms with Gasteiger partial charge >= 0.3 is 0 Å². The van der Waals surface area contributed by atoms with Crippen molar-refractivity contribution in [3.63, 3.8) is 0 Å². The summed E-state index contributed by atoms with van der Waals surface area (Å²) in [6.07, 6.45) is 3.80. The van der Waals surface area contributed by atoms with Gasteiger partial charge in [-0.2, -0.15) is 0 Å². The van der Waals surface area contributed by atoms with Crippen LogP contribution in [-0.2, 0) is 6.42 Å². The number of aromatic nitrogens is 4. The molecule has 0 saturated carbocycles. The van der Waals surface area contributed by atoms with Crippen molar-refractivity contribution in [2.75, 3.05) is 12.8 Å². The molecule has 3 aromatic rings. The molecule has 1 aromatic carbocycles. The molecule has 7 nitrogen and oxygen atoms in total. The second kappa shape index (κ2) is 6.95. The fourth-order valence-electron chi connectivity index (χ4n) is 3.70. The number of ketones is 1. The number of halogens is 1. The average molecular weight is 379 g/mol. The molecule has 4 rings (SSSR count). The highest BCUT2D eigenvalue weighted by Crippen LogP contribution is 2.38. The molecule has 0 spiro atoms. The highest BCUT2D eigenvalue weighted by Gasteiger charge is 2.31. The predicted molar refractivity (Wildman–Crippen MR) is 101 cm³/mol. The third-order valence-electron chi connectivity index (χ3n) is 4.89. The first-order valence-electron chi connectivity index (χ1n) is 8.78. The van der Waals surface area contributed by atoms with Crippen molar-refractivity contribution < 1.29 is 13.9 Å². The number of carbonyl (C=O) groups is 1. The van der Waals surface area contributed by atoms with Gasteiger partial charge in [-0.3, -0.25) is 9.78 Å². The summed E-state index contributed by atoms with van der Waals surface area (Å²) in [4.78, 5) is 29.6. The number of Topliss-reactive ketones (excluding diaryl/α,β-unsaturated/α-hetero) is 1. The van der Waals surface area contributed by atoms with Crippen molar-refractivity contribution in [1.82, 2.24) is 19.9 Å². The number of fused-ring (bicyclic) bond motifs is 1. The smallest absolute Gasteiger partial charge is 0.232 e.